The molecule has 0 spiro atoms. The second-order valence-electron chi connectivity index (χ2n) is 4.14. The monoisotopic (exact) mass is 213 g/mol. The molecule has 0 radical (unpaired) electrons. The molecule has 1 saturated carbocycles. The van der Waals surface area contributed by atoms with E-state index in [1.165, 1.54) is 0 Å². The molecule has 2 N–H and O–H groups in total. The lowest BCUT2D eigenvalue weighted by Gasteiger charge is -2.25. The van der Waals surface area contributed by atoms with Gasteiger partial charge in [0, 0.05) is 6.42 Å². The molecule has 4 heteroatoms. The van der Waals surface area contributed by atoms with Gasteiger partial charge in [-0.25, -0.2) is 0 Å². The molecule has 0 aromatic heterocycles. The van der Waals surface area contributed by atoms with E-state index in [1.54, 1.807) is 0 Å². The zero-order chi connectivity index (χ0) is 11.3. The van der Waals surface area contributed by atoms with Crippen LogP contribution in [0.1, 0.15) is 51.9 Å². The fraction of sp³-hybridized carbons (Fsp3) is 0.818. The maximum absolute atomic E-state index is 11.4. The van der Waals surface area contributed by atoms with Crippen molar-refractivity contribution in [2.45, 2.75) is 57.5 Å². The predicted molar refractivity (Wildman–Crippen MR) is 56.0 cm³/mol. The number of esters is 1. The molecule has 0 bridgehead atoms. The summed E-state index contributed by atoms with van der Waals surface area (Å²) in [5.41, 5.74) is 4.30. The van der Waals surface area contributed by atoms with Crippen LogP contribution in [-0.2, 0) is 14.3 Å². The third kappa shape index (κ3) is 2.94. The van der Waals surface area contributed by atoms with Gasteiger partial charge in [0.1, 0.15) is 0 Å². The highest BCUT2D eigenvalue weighted by molar-refractivity contribution is 5.86. The lowest BCUT2D eigenvalue weighted by Crippen LogP contribution is -2.45. The number of hydrogen-bond donors (Lipinski definition) is 1. The van der Waals surface area contributed by atoms with Gasteiger partial charge in [0.25, 0.3) is 5.91 Å². The fourth-order valence-corrected chi connectivity index (χ4v) is 1.93. The highest BCUT2D eigenvalue weighted by atomic mass is 16.6. The number of amides is 1. The second-order valence-corrected chi connectivity index (χ2v) is 4.14. The first-order valence-corrected chi connectivity index (χ1v) is 5.62. The van der Waals surface area contributed by atoms with Crippen molar-refractivity contribution < 1.29 is 14.3 Å². The molecule has 0 heterocycles. The van der Waals surface area contributed by atoms with Gasteiger partial charge in [0.05, 0.1) is 0 Å². The van der Waals surface area contributed by atoms with Crippen LogP contribution in [0.2, 0.25) is 0 Å². The van der Waals surface area contributed by atoms with Gasteiger partial charge in [-0.3, -0.25) is 9.59 Å². The van der Waals surface area contributed by atoms with Crippen LogP contribution in [0.25, 0.3) is 0 Å². The Bertz CT molecular complexity index is 244. The van der Waals surface area contributed by atoms with Crippen LogP contribution in [0.3, 0.4) is 0 Å². The molecule has 0 aliphatic heterocycles. The first kappa shape index (κ1) is 12.0. The van der Waals surface area contributed by atoms with E-state index in [1.807, 2.05) is 6.92 Å². The van der Waals surface area contributed by atoms with E-state index in [2.05, 4.69) is 0 Å². The third-order valence-corrected chi connectivity index (χ3v) is 2.90. The molecule has 0 unspecified atom stereocenters. The van der Waals surface area contributed by atoms with Gasteiger partial charge in [0.15, 0.2) is 5.60 Å². The van der Waals surface area contributed by atoms with E-state index in [-0.39, 0.29) is 5.97 Å². The molecule has 0 aromatic carbocycles. The SMILES string of the molecule is CCCCC(=O)OC1(C(N)=O)CCCC1. The lowest BCUT2D eigenvalue weighted by molar-refractivity contribution is -0.166. The number of carbonyl (C=O) groups is 2. The highest BCUT2D eigenvalue weighted by Gasteiger charge is 2.43. The van der Waals surface area contributed by atoms with E-state index >= 15 is 0 Å². The van der Waals surface area contributed by atoms with Crippen LogP contribution in [0.15, 0.2) is 0 Å². The van der Waals surface area contributed by atoms with Gasteiger partial charge in [-0.1, -0.05) is 13.3 Å². The highest BCUT2D eigenvalue weighted by Crippen LogP contribution is 2.33. The predicted octanol–water partition coefficient (Wildman–Crippen LogP) is 1.52. The molecule has 1 aliphatic rings. The summed E-state index contributed by atoms with van der Waals surface area (Å²) in [5, 5.41) is 0. The molecule has 1 rings (SSSR count). The Morgan fingerprint density at radius 2 is 1.93 bits per heavy atom. The van der Waals surface area contributed by atoms with E-state index in [9.17, 15) is 9.59 Å². The minimum atomic E-state index is -0.995. The third-order valence-electron chi connectivity index (χ3n) is 2.90. The van der Waals surface area contributed by atoms with Crippen LogP contribution in [0.4, 0.5) is 0 Å². The van der Waals surface area contributed by atoms with E-state index < -0.39 is 11.5 Å². The molecule has 1 amide bonds. The molecule has 0 aromatic rings. The molecular weight excluding hydrogens is 194 g/mol. The summed E-state index contributed by atoms with van der Waals surface area (Å²) in [6, 6.07) is 0. The van der Waals surface area contributed by atoms with Gasteiger partial charge in [-0.15, -0.1) is 0 Å². The Hall–Kier alpha value is -1.06. The van der Waals surface area contributed by atoms with Crippen molar-refractivity contribution >= 4 is 11.9 Å². The first-order chi connectivity index (χ1) is 7.10. The van der Waals surface area contributed by atoms with Crippen molar-refractivity contribution in [2.75, 3.05) is 0 Å². The van der Waals surface area contributed by atoms with Crippen LogP contribution < -0.4 is 5.73 Å². The lowest BCUT2D eigenvalue weighted by atomic mass is 10.0. The Morgan fingerprint density at radius 1 is 1.33 bits per heavy atom. The summed E-state index contributed by atoms with van der Waals surface area (Å²) in [5.74, 6) is -0.789. The topological polar surface area (TPSA) is 69.4 Å². The Kier molecular flexibility index (Phi) is 4.12. The average Bonchev–Trinajstić information content (AvgIpc) is 2.64. The molecule has 1 aliphatic carbocycles. The van der Waals surface area contributed by atoms with Crippen molar-refractivity contribution in [3.05, 3.63) is 0 Å². The maximum atomic E-state index is 11.4. The number of nitrogens with two attached hydrogens (primary N) is 1. The van der Waals surface area contributed by atoms with Gasteiger partial charge in [-0.05, 0) is 32.1 Å². The summed E-state index contributed by atoms with van der Waals surface area (Å²) in [4.78, 5) is 22.7. The van der Waals surface area contributed by atoms with Gasteiger partial charge >= 0.3 is 5.97 Å². The number of hydrogen-bond acceptors (Lipinski definition) is 3. The Morgan fingerprint density at radius 3 is 2.40 bits per heavy atom. The molecule has 0 atom stereocenters. The summed E-state index contributed by atoms with van der Waals surface area (Å²) in [6.45, 7) is 2.01. The minimum Gasteiger partial charge on any atom is -0.449 e. The Labute approximate surface area is 90.2 Å². The zero-order valence-corrected chi connectivity index (χ0v) is 9.25. The Balaban J connectivity index is 2.52. The van der Waals surface area contributed by atoms with Crippen molar-refractivity contribution in [1.82, 2.24) is 0 Å². The standard InChI is InChI=1S/C11H19NO3/c1-2-3-6-9(13)15-11(10(12)14)7-4-5-8-11/h2-8H2,1H3,(H2,12,14). The summed E-state index contributed by atoms with van der Waals surface area (Å²) < 4.78 is 5.25. The summed E-state index contributed by atoms with van der Waals surface area (Å²) >= 11 is 0. The fourth-order valence-electron chi connectivity index (χ4n) is 1.93. The summed E-state index contributed by atoms with van der Waals surface area (Å²) in [6.07, 6.45) is 5.10. The van der Waals surface area contributed by atoms with Gasteiger partial charge in [0.2, 0.25) is 0 Å². The van der Waals surface area contributed by atoms with Crippen LogP contribution >= 0.6 is 0 Å². The largest absolute Gasteiger partial charge is 0.449 e. The van der Waals surface area contributed by atoms with E-state index in [0.29, 0.717) is 19.3 Å². The molecule has 1 fully saturated rings. The molecule has 86 valence electrons. The van der Waals surface area contributed by atoms with Crippen molar-refractivity contribution in [3.63, 3.8) is 0 Å². The first-order valence-electron chi connectivity index (χ1n) is 5.62. The quantitative estimate of drug-likeness (QED) is 0.704. The number of carbonyl (C=O) groups excluding carboxylic acids is 2. The molecular formula is C11H19NO3. The number of rotatable bonds is 5. The molecule has 4 nitrogen and oxygen atoms in total. The number of ether oxygens (including phenoxy) is 1. The average molecular weight is 213 g/mol. The molecule has 15 heavy (non-hydrogen) atoms. The molecule has 0 saturated heterocycles. The van der Waals surface area contributed by atoms with Crippen LogP contribution in [0, 0.1) is 0 Å². The van der Waals surface area contributed by atoms with Crippen LogP contribution in [-0.4, -0.2) is 17.5 Å². The van der Waals surface area contributed by atoms with Crippen LogP contribution in [0.5, 0.6) is 0 Å². The smallest absolute Gasteiger partial charge is 0.306 e. The second kappa shape index (κ2) is 5.14. The van der Waals surface area contributed by atoms with Crippen molar-refractivity contribution in [3.8, 4) is 0 Å². The van der Waals surface area contributed by atoms with Gasteiger partial charge in [-0.2, -0.15) is 0 Å². The van der Waals surface area contributed by atoms with Gasteiger partial charge < -0.3 is 10.5 Å². The normalized spacial score (nSPS) is 18.7. The van der Waals surface area contributed by atoms with E-state index in [0.717, 1.165) is 25.7 Å². The zero-order valence-electron chi connectivity index (χ0n) is 9.25. The van der Waals surface area contributed by atoms with Crippen molar-refractivity contribution in [1.29, 1.82) is 0 Å². The maximum Gasteiger partial charge on any atom is 0.306 e. The summed E-state index contributed by atoms with van der Waals surface area (Å²) in [7, 11) is 0. The minimum absolute atomic E-state index is 0.294. The number of unbranched alkanes of at least 4 members (excludes halogenated alkanes) is 1. The number of primary amides is 1. The van der Waals surface area contributed by atoms with E-state index in [4.69, 9.17) is 10.5 Å². The van der Waals surface area contributed by atoms with Crippen molar-refractivity contribution in [2.24, 2.45) is 5.73 Å².